The smallest absolute Gasteiger partial charge is 0.326 e. The normalized spacial score (nSPS) is 24.3. The summed E-state index contributed by atoms with van der Waals surface area (Å²) in [6.45, 7) is 6.17. The summed E-state index contributed by atoms with van der Waals surface area (Å²) in [6, 6.07) is -4.23. The van der Waals surface area contributed by atoms with Crippen molar-refractivity contribution in [1.82, 2.24) is 31.5 Å². The molecule has 0 aromatic heterocycles. The number of aliphatic hydroxyl groups excluding tert-OH is 3. The van der Waals surface area contributed by atoms with Crippen LogP contribution >= 0.6 is 0 Å². The number of aromatic hydroxyl groups is 1. The van der Waals surface area contributed by atoms with Crippen LogP contribution in [0, 0.1) is 5.92 Å². The first-order valence-electron chi connectivity index (χ1n) is 19.7. The predicted molar refractivity (Wildman–Crippen MR) is 210 cm³/mol. The number of nitrogens with two attached hydrogens (primary N) is 2. The van der Waals surface area contributed by atoms with E-state index in [1.54, 1.807) is 13.8 Å². The maximum absolute atomic E-state index is 14.1. The van der Waals surface area contributed by atoms with Crippen molar-refractivity contribution in [1.29, 1.82) is 0 Å². The van der Waals surface area contributed by atoms with Gasteiger partial charge in [0.15, 0.2) is 6.29 Å². The Morgan fingerprint density at radius 2 is 1.52 bits per heavy atom. The molecule has 0 radical (unpaired) electrons. The molecule has 0 unspecified atom stereocenters. The molecule has 14 N–H and O–H groups in total. The molecule has 2 fully saturated rings. The van der Waals surface area contributed by atoms with Gasteiger partial charge in [-0.25, -0.2) is 4.79 Å². The number of nitrogens with zero attached hydrogens (tertiary/aromatic N) is 1. The molecule has 3 rings (SSSR count). The van der Waals surface area contributed by atoms with Gasteiger partial charge in [0, 0.05) is 19.9 Å². The Labute approximate surface area is 351 Å². The van der Waals surface area contributed by atoms with Crippen LogP contribution in [0.4, 0.5) is 0 Å². The van der Waals surface area contributed by atoms with Crippen molar-refractivity contribution in [3.05, 3.63) is 29.8 Å². The second-order valence-corrected chi connectivity index (χ2v) is 15.5. The van der Waals surface area contributed by atoms with Crippen molar-refractivity contribution in [2.75, 3.05) is 13.2 Å². The number of benzene rings is 1. The molecular formula is C38H58N8O15. The number of aliphatic carboxylic acids is 1. The average Bonchev–Trinajstić information content (AvgIpc) is 3.69. The average molecular weight is 867 g/mol. The molecule has 2 saturated heterocycles. The van der Waals surface area contributed by atoms with E-state index in [0.717, 1.165) is 11.8 Å². The first-order valence-corrected chi connectivity index (χ1v) is 19.7. The van der Waals surface area contributed by atoms with Gasteiger partial charge in [0.25, 0.3) is 0 Å². The van der Waals surface area contributed by atoms with Crippen molar-refractivity contribution in [3.63, 3.8) is 0 Å². The summed E-state index contributed by atoms with van der Waals surface area (Å²) in [5.41, 5.74) is 12.0. The minimum absolute atomic E-state index is 0.0248. The Kier molecular flexibility index (Phi) is 18.3. The third-order valence-corrected chi connectivity index (χ3v) is 10.3. The number of carboxylic acids is 1. The zero-order valence-corrected chi connectivity index (χ0v) is 34.5. The number of rotatable bonds is 20. The Morgan fingerprint density at radius 3 is 2.08 bits per heavy atom. The maximum Gasteiger partial charge on any atom is 0.326 e. The second-order valence-electron chi connectivity index (χ2n) is 15.5. The number of phenols is 1. The third kappa shape index (κ3) is 13.8. The van der Waals surface area contributed by atoms with Gasteiger partial charge in [-0.05, 0) is 50.3 Å². The van der Waals surface area contributed by atoms with Crippen molar-refractivity contribution in [2.45, 2.75) is 133 Å². The molecule has 2 aliphatic heterocycles. The zero-order valence-electron chi connectivity index (χ0n) is 34.5. The van der Waals surface area contributed by atoms with Gasteiger partial charge in [-0.1, -0.05) is 26.0 Å². The lowest BCUT2D eigenvalue weighted by atomic mass is 9.96. The highest BCUT2D eigenvalue weighted by Gasteiger charge is 2.47. The molecule has 2 aliphatic rings. The minimum Gasteiger partial charge on any atom is -0.508 e. The van der Waals surface area contributed by atoms with Crippen LogP contribution < -0.4 is 38.1 Å². The van der Waals surface area contributed by atoms with Crippen molar-refractivity contribution in [3.8, 4) is 5.75 Å². The molecule has 23 heteroatoms. The summed E-state index contributed by atoms with van der Waals surface area (Å²) < 4.78 is 11.5. The number of nitrogens with one attached hydrogen (secondary N) is 5. The monoisotopic (exact) mass is 866 g/mol. The van der Waals surface area contributed by atoms with Gasteiger partial charge in [0.1, 0.15) is 60.3 Å². The van der Waals surface area contributed by atoms with Gasteiger partial charge in [-0.15, -0.1) is 0 Å². The third-order valence-electron chi connectivity index (χ3n) is 10.3. The number of likely N-dealkylation sites (tertiary alicyclic amines) is 1. The van der Waals surface area contributed by atoms with E-state index in [2.05, 4.69) is 26.6 Å². The highest BCUT2D eigenvalue weighted by molar-refractivity contribution is 5.98. The first-order chi connectivity index (χ1) is 28.5. The molecule has 0 spiro atoms. The molecule has 0 saturated carbocycles. The molecule has 2 heterocycles. The summed E-state index contributed by atoms with van der Waals surface area (Å²) in [6.07, 6.45) is -8.35. The van der Waals surface area contributed by atoms with Gasteiger partial charge >= 0.3 is 5.97 Å². The number of carboxylic acid groups (broad SMARTS) is 1. The van der Waals surface area contributed by atoms with E-state index in [9.17, 15) is 63.9 Å². The lowest BCUT2D eigenvalue weighted by Crippen LogP contribution is -2.66. The quantitative estimate of drug-likeness (QED) is 0.0585. The van der Waals surface area contributed by atoms with E-state index in [4.69, 9.17) is 20.9 Å². The largest absolute Gasteiger partial charge is 0.508 e. The Hall–Kier alpha value is -5.46. The summed E-state index contributed by atoms with van der Waals surface area (Å²) in [7, 11) is 0. The lowest BCUT2D eigenvalue weighted by molar-refractivity contribution is -0.281. The number of phenolic OH excluding ortho intramolecular Hbond substituents is 1. The van der Waals surface area contributed by atoms with Crippen molar-refractivity contribution in [2.24, 2.45) is 17.4 Å². The number of aliphatic hydroxyl groups is 3. The van der Waals surface area contributed by atoms with Crippen molar-refractivity contribution >= 4 is 47.3 Å². The highest BCUT2D eigenvalue weighted by atomic mass is 16.7. The highest BCUT2D eigenvalue weighted by Crippen LogP contribution is 2.25. The van der Waals surface area contributed by atoms with Crippen LogP contribution in [-0.2, 0) is 54.3 Å². The molecule has 0 bridgehead atoms. The molecule has 0 aliphatic carbocycles. The van der Waals surface area contributed by atoms with Crippen LogP contribution in [0.3, 0.4) is 0 Å². The number of amides is 7. The van der Waals surface area contributed by atoms with E-state index in [1.807, 2.05) is 0 Å². The van der Waals surface area contributed by atoms with Gasteiger partial charge in [-0.3, -0.25) is 33.6 Å². The van der Waals surface area contributed by atoms with Crippen LogP contribution in [0.15, 0.2) is 24.3 Å². The second kappa shape index (κ2) is 22.4. The van der Waals surface area contributed by atoms with E-state index in [-0.39, 0.29) is 31.6 Å². The SMILES string of the molecule is CC(=O)N[C@H]1[C@@H](O[C@H](C)[C@H](NC(=O)[C@@H](N)C(C)C)C(=O)N[C@@H](CC(N)=O)C(=O)N2CCC[C@H]2C(=O)N[C@@H](C)C(=O)N[C@@H](Cc2ccc(O)cc2)C(=O)O)O[C@H](CO)[C@H](O)[C@@H]1O. The number of hydrogen-bond donors (Lipinski definition) is 12. The fraction of sp³-hybridized carbons (Fsp3) is 0.632. The number of hydrogen-bond acceptors (Lipinski definition) is 15. The number of ether oxygens (including phenoxy) is 2. The first kappa shape index (κ1) is 49.9. The molecular weight excluding hydrogens is 808 g/mol. The van der Waals surface area contributed by atoms with Gasteiger partial charge < -0.3 is 78.0 Å². The Morgan fingerprint density at radius 1 is 0.902 bits per heavy atom. The van der Waals surface area contributed by atoms with Crippen LogP contribution in [0.25, 0.3) is 0 Å². The molecule has 12 atom stereocenters. The lowest BCUT2D eigenvalue weighted by Gasteiger charge is -2.43. The molecule has 340 valence electrons. The fourth-order valence-corrected chi connectivity index (χ4v) is 6.73. The van der Waals surface area contributed by atoms with Gasteiger partial charge in [-0.2, -0.15) is 0 Å². The van der Waals surface area contributed by atoms with E-state index in [0.29, 0.717) is 5.56 Å². The van der Waals surface area contributed by atoms with Gasteiger partial charge in [0.2, 0.25) is 41.4 Å². The van der Waals surface area contributed by atoms with Crippen LogP contribution in [0.2, 0.25) is 0 Å². The molecule has 1 aromatic rings. The van der Waals surface area contributed by atoms with Crippen LogP contribution in [0.5, 0.6) is 5.75 Å². The summed E-state index contributed by atoms with van der Waals surface area (Å²) >= 11 is 0. The predicted octanol–water partition coefficient (Wildman–Crippen LogP) is -4.82. The molecule has 23 nitrogen and oxygen atoms in total. The number of carbonyl (C=O) groups excluding carboxylic acids is 7. The topological polar surface area (TPSA) is 372 Å². The Bertz CT molecular complexity index is 1750. The molecule has 61 heavy (non-hydrogen) atoms. The summed E-state index contributed by atoms with van der Waals surface area (Å²) in [5, 5.41) is 62.2. The van der Waals surface area contributed by atoms with Crippen LogP contribution in [-0.4, -0.2) is 164 Å². The number of primary amides is 1. The summed E-state index contributed by atoms with van der Waals surface area (Å²) in [4.78, 5) is 105. The Balaban J connectivity index is 1.82. The molecule has 1 aromatic carbocycles. The molecule has 7 amide bonds. The van der Waals surface area contributed by atoms with Crippen molar-refractivity contribution < 1.29 is 73.4 Å². The summed E-state index contributed by atoms with van der Waals surface area (Å²) in [5.74, 6) is -8.03. The maximum atomic E-state index is 14.1. The van der Waals surface area contributed by atoms with Crippen LogP contribution in [0.1, 0.15) is 59.4 Å². The van der Waals surface area contributed by atoms with E-state index >= 15 is 0 Å². The van der Waals surface area contributed by atoms with E-state index < -0.39 is 139 Å². The van der Waals surface area contributed by atoms with E-state index in [1.165, 1.54) is 38.1 Å². The fourth-order valence-electron chi connectivity index (χ4n) is 6.73. The zero-order chi connectivity index (χ0) is 45.9. The number of carbonyl (C=O) groups is 8. The minimum atomic E-state index is -1.72. The van der Waals surface area contributed by atoms with Gasteiger partial charge in [0.05, 0.1) is 25.2 Å². The standard InChI is InChI=1S/C38H58N8O15/c1-16(2)27(40)34(55)45-28(18(4)60-38-29(42-19(5)48)31(52)30(51)25(15-47)61-38)35(56)43-22(14-26(39)50)36(57)46-12-6-7-24(46)33(54)41-17(3)32(53)44-23(37(58)59)13-20-8-10-21(49)11-9-20/h8-11,16-18,22-25,27-31,38,47,49,51-52H,6-7,12-15,40H2,1-5H3,(H2,39,50)(H,41,54)(H,42,48)(H,43,56)(H,44,53)(H,45,55)(H,58,59)/t17-,18+,22-,23-,24-,25+,27-,28-,29+,30-,31+,38-/m0/s1.